The van der Waals surface area contributed by atoms with Crippen LogP contribution in [0.4, 0.5) is 0 Å². The molecule has 0 saturated heterocycles. The van der Waals surface area contributed by atoms with Crippen LogP contribution in [0.1, 0.15) is 26.2 Å². The SMILES string of the molecule is COC(=O)CCC(=O)CCOC(C)=O. The van der Waals surface area contributed by atoms with Gasteiger partial charge in [0.25, 0.3) is 0 Å². The van der Waals surface area contributed by atoms with Crippen LogP contribution < -0.4 is 0 Å². The van der Waals surface area contributed by atoms with Crippen LogP contribution in [-0.4, -0.2) is 31.4 Å². The molecule has 0 unspecified atom stereocenters. The van der Waals surface area contributed by atoms with Crippen LogP contribution in [0, 0.1) is 0 Å². The van der Waals surface area contributed by atoms with Gasteiger partial charge in [-0.2, -0.15) is 0 Å². The molecule has 0 spiro atoms. The summed E-state index contributed by atoms with van der Waals surface area (Å²) in [5.74, 6) is -0.937. The summed E-state index contributed by atoms with van der Waals surface area (Å²) in [5, 5.41) is 0. The zero-order valence-electron chi connectivity index (χ0n) is 8.37. The number of hydrogen-bond acceptors (Lipinski definition) is 5. The highest BCUT2D eigenvalue weighted by molar-refractivity contribution is 5.83. The van der Waals surface area contributed by atoms with Crippen LogP contribution >= 0.6 is 0 Å². The fourth-order valence-corrected chi connectivity index (χ4v) is 0.777. The van der Waals surface area contributed by atoms with Crippen molar-refractivity contribution in [2.75, 3.05) is 13.7 Å². The number of methoxy groups -OCH3 is 1. The maximum atomic E-state index is 11.0. The van der Waals surface area contributed by atoms with E-state index >= 15 is 0 Å². The lowest BCUT2D eigenvalue weighted by Gasteiger charge is -2.01. The molecule has 0 aromatic heterocycles. The van der Waals surface area contributed by atoms with Crippen molar-refractivity contribution in [3.63, 3.8) is 0 Å². The Morgan fingerprint density at radius 1 is 1.07 bits per heavy atom. The van der Waals surface area contributed by atoms with Gasteiger partial charge >= 0.3 is 11.9 Å². The van der Waals surface area contributed by atoms with E-state index in [1.165, 1.54) is 14.0 Å². The highest BCUT2D eigenvalue weighted by Gasteiger charge is 2.07. The quantitative estimate of drug-likeness (QED) is 0.585. The lowest BCUT2D eigenvalue weighted by molar-refractivity contribution is -0.144. The minimum absolute atomic E-state index is 0.0787. The van der Waals surface area contributed by atoms with Crippen LogP contribution in [0.15, 0.2) is 0 Å². The molecule has 5 heteroatoms. The molecule has 0 aliphatic heterocycles. The first kappa shape index (κ1) is 12.6. The number of ketones is 1. The van der Waals surface area contributed by atoms with Gasteiger partial charge in [-0.1, -0.05) is 0 Å². The van der Waals surface area contributed by atoms with Gasteiger partial charge in [0.05, 0.1) is 20.1 Å². The third-order valence-electron chi connectivity index (χ3n) is 1.52. The van der Waals surface area contributed by atoms with E-state index in [2.05, 4.69) is 9.47 Å². The number of carbonyl (C=O) groups excluding carboxylic acids is 3. The summed E-state index contributed by atoms with van der Waals surface area (Å²) >= 11 is 0. The van der Waals surface area contributed by atoms with Crippen LogP contribution in [0.3, 0.4) is 0 Å². The van der Waals surface area contributed by atoms with Crippen LogP contribution in [0.25, 0.3) is 0 Å². The molecular weight excluding hydrogens is 188 g/mol. The predicted octanol–water partition coefficient (Wildman–Crippen LogP) is 0.462. The molecule has 0 bridgehead atoms. The Labute approximate surface area is 82.4 Å². The van der Waals surface area contributed by atoms with E-state index in [-0.39, 0.29) is 31.7 Å². The van der Waals surface area contributed by atoms with Crippen LogP contribution in [-0.2, 0) is 23.9 Å². The third kappa shape index (κ3) is 7.27. The van der Waals surface area contributed by atoms with E-state index in [9.17, 15) is 14.4 Å². The summed E-state index contributed by atoms with van der Waals surface area (Å²) in [4.78, 5) is 32.0. The van der Waals surface area contributed by atoms with Crippen molar-refractivity contribution < 1.29 is 23.9 Å². The topological polar surface area (TPSA) is 69.7 Å². The highest BCUT2D eigenvalue weighted by atomic mass is 16.5. The maximum Gasteiger partial charge on any atom is 0.305 e. The van der Waals surface area contributed by atoms with Gasteiger partial charge in [0.2, 0.25) is 0 Å². The summed E-state index contributed by atoms with van der Waals surface area (Å²) in [6.45, 7) is 1.36. The zero-order chi connectivity index (χ0) is 11.0. The molecule has 0 atom stereocenters. The number of esters is 2. The van der Waals surface area contributed by atoms with Crippen molar-refractivity contribution in [1.82, 2.24) is 0 Å². The molecule has 0 heterocycles. The second kappa shape index (κ2) is 7.06. The standard InChI is InChI=1S/C9H14O5/c1-7(10)14-6-5-8(11)3-4-9(12)13-2/h3-6H2,1-2H3. The monoisotopic (exact) mass is 202 g/mol. The summed E-state index contributed by atoms with van der Waals surface area (Å²) in [6, 6.07) is 0. The van der Waals surface area contributed by atoms with E-state index in [4.69, 9.17) is 0 Å². The van der Waals surface area contributed by atoms with E-state index in [0.717, 1.165) is 0 Å². The van der Waals surface area contributed by atoms with Gasteiger partial charge in [0, 0.05) is 19.8 Å². The number of Topliss-reactive ketones (excluding diaryl/α,β-unsaturated/α-hetero) is 1. The molecule has 0 aromatic rings. The van der Waals surface area contributed by atoms with E-state index in [1.807, 2.05) is 0 Å². The van der Waals surface area contributed by atoms with Crippen molar-refractivity contribution >= 4 is 17.7 Å². The first-order valence-electron chi connectivity index (χ1n) is 4.28. The zero-order valence-corrected chi connectivity index (χ0v) is 8.37. The summed E-state index contributed by atoms with van der Waals surface area (Å²) in [6.07, 6.45) is 0.361. The average Bonchev–Trinajstić information content (AvgIpc) is 2.13. The van der Waals surface area contributed by atoms with Crippen molar-refractivity contribution in [2.45, 2.75) is 26.2 Å². The van der Waals surface area contributed by atoms with E-state index in [0.29, 0.717) is 0 Å². The summed E-state index contributed by atoms with van der Waals surface area (Å²) in [7, 11) is 1.27. The number of carbonyl (C=O) groups is 3. The largest absolute Gasteiger partial charge is 0.469 e. The number of ether oxygens (including phenoxy) is 2. The first-order chi connectivity index (χ1) is 6.56. The van der Waals surface area contributed by atoms with Gasteiger partial charge in [0.1, 0.15) is 5.78 Å². The first-order valence-corrected chi connectivity index (χ1v) is 4.28. The molecule has 0 fully saturated rings. The molecule has 0 amide bonds. The molecule has 0 aliphatic rings. The van der Waals surface area contributed by atoms with Gasteiger partial charge in [-0.05, 0) is 0 Å². The minimum atomic E-state index is -0.411. The lowest BCUT2D eigenvalue weighted by Crippen LogP contribution is -2.09. The Morgan fingerprint density at radius 2 is 1.71 bits per heavy atom. The Bertz CT molecular complexity index is 221. The van der Waals surface area contributed by atoms with Crippen LogP contribution in [0.5, 0.6) is 0 Å². The fraction of sp³-hybridized carbons (Fsp3) is 0.667. The van der Waals surface area contributed by atoms with Gasteiger partial charge in [-0.25, -0.2) is 0 Å². The van der Waals surface area contributed by atoms with E-state index < -0.39 is 11.9 Å². The molecule has 0 aliphatic carbocycles. The Balaban J connectivity index is 3.46. The number of hydrogen-bond donors (Lipinski definition) is 0. The molecule has 0 radical (unpaired) electrons. The third-order valence-corrected chi connectivity index (χ3v) is 1.52. The number of rotatable bonds is 6. The average molecular weight is 202 g/mol. The van der Waals surface area contributed by atoms with Crippen molar-refractivity contribution in [3.05, 3.63) is 0 Å². The van der Waals surface area contributed by atoms with Gasteiger partial charge < -0.3 is 9.47 Å². The smallest absolute Gasteiger partial charge is 0.305 e. The Morgan fingerprint density at radius 3 is 2.21 bits per heavy atom. The Hall–Kier alpha value is -1.39. The molecule has 0 N–H and O–H groups in total. The maximum absolute atomic E-state index is 11.0. The molecule has 80 valence electrons. The van der Waals surface area contributed by atoms with Gasteiger partial charge in [-0.3, -0.25) is 14.4 Å². The second-order valence-electron chi connectivity index (χ2n) is 2.70. The fourth-order valence-electron chi connectivity index (χ4n) is 0.777. The van der Waals surface area contributed by atoms with Crippen LogP contribution in [0.2, 0.25) is 0 Å². The van der Waals surface area contributed by atoms with Crippen molar-refractivity contribution in [3.8, 4) is 0 Å². The van der Waals surface area contributed by atoms with Crippen molar-refractivity contribution in [1.29, 1.82) is 0 Å². The summed E-state index contributed by atoms with van der Waals surface area (Å²) < 4.78 is 8.94. The normalized spacial score (nSPS) is 9.29. The van der Waals surface area contributed by atoms with Gasteiger partial charge in [0.15, 0.2) is 0 Å². The Kier molecular flexibility index (Phi) is 6.36. The van der Waals surface area contributed by atoms with Crippen molar-refractivity contribution in [2.24, 2.45) is 0 Å². The second-order valence-corrected chi connectivity index (χ2v) is 2.70. The van der Waals surface area contributed by atoms with Gasteiger partial charge in [-0.15, -0.1) is 0 Å². The molecule has 0 rings (SSSR count). The highest BCUT2D eigenvalue weighted by Crippen LogP contribution is 1.97. The predicted molar refractivity (Wildman–Crippen MR) is 47.5 cm³/mol. The molecule has 14 heavy (non-hydrogen) atoms. The summed E-state index contributed by atoms with van der Waals surface area (Å²) in [5.41, 5.74) is 0. The molecule has 5 nitrogen and oxygen atoms in total. The van der Waals surface area contributed by atoms with E-state index in [1.54, 1.807) is 0 Å². The minimum Gasteiger partial charge on any atom is -0.469 e. The lowest BCUT2D eigenvalue weighted by atomic mass is 10.2. The molecule has 0 aromatic carbocycles. The molecular formula is C9H14O5. The molecule has 0 saturated carbocycles.